The number of carbonyl (C=O) groups is 1. The van der Waals surface area contributed by atoms with Gasteiger partial charge in [-0.05, 0) is 68.1 Å². The van der Waals surface area contributed by atoms with Crippen LogP contribution in [0.15, 0.2) is 64.5 Å². The summed E-state index contributed by atoms with van der Waals surface area (Å²) in [7, 11) is 3.25. The molecule has 1 saturated heterocycles. The van der Waals surface area contributed by atoms with E-state index in [1.165, 1.54) is 5.56 Å². The third kappa shape index (κ3) is 6.66. The molecule has 0 bridgehead atoms. The van der Waals surface area contributed by atoms with E-state index in [4.69, 9.17) is 9.47 Å². The van der Waals surface area contributed by atoms with Crippen molar-refractivity contribution in [2.24, 2.45) is 5.92 Å². The summed E-state index contributed by atoms with van der Waals surface area (Å²) in [6.07, 6.45) is 2.36. The van der Waals surface area contributed by atoms with Crippen molar-refractivity contribution in [2.45, 2.75) is 36.1 Å². The molecule has 35 heavy (non-hydrogen) atoms. The van der Waals surface area contributed by atoms with Gasteiger partial charge in [0.2, 0.25) is 5.91 Å². The molecule has 7 nitrogen and oxygen atoms in total. The Hall–Kier alpha value is -3.26. The van der Waals surface area contributed by atoms with Crippen LogP contribution in [0.4, 0.5) is 5.82 Å². The van der Waals surface area contributed by atoms with E-state index in [1.54, 1.807) is 26.0 Å². The lowest BCUT2D eigenvalue weighted by molar-refractivity contribution is -0.125. The van der Waals surface area contributed by atoms with E-state index in [-0.39, 0.29) is 11.8 Å². The van der Waals surface area contributed by atoms with Gasteiger partial charge in [0.15, 0.2) is 17.3 Å². The Bertz CT molecular complexity index is 1110. The number of anilines is 1. The van der Waals surface area contributed by atoms with Crippen molar-refractivity contribution in [3.05, 3.63) is 65.7 Å². The van der Waals surface area contributed by atoms with Gasteiger partial charge in [-0.3, -0.25) is 4.79 Å². The van der Waals surface area contributed by atoms with Crippen LogP contribution in [0.3, 0.4) is 0 Å². The van der Waals surface area contributed by atoms with Crippen molar-refractivity contribution >= 4 is 23.5 Å². The first-order chi connectivity index (χ1) is 17.1. The summed E-state index contributed by atoms with van der Waals surface area (Å²) in [4.78, 5) is 16.0. The van der Waals surface area contributed by atoms with Gasteiger partial charge in [-0.15, -0.1) is 10.2 Å². The predicted molar refractivity (Wildman–Crippen MR) is 139 cm³/mol. The average Bonchev–Trinajstić information content (AvgIpc) is 2.90. The maximum Gasteiger partial charge on any atom is 0.223 e. The van der Waals surface area contributed by atoms with Crippen molar-refractivity contribution in [3.63, 3.8) is 0 Å². The first kappa shape index (κ1) is 24.9. The van der Waals surface area contributed by atoms with E-state index in [0.717, 1.165) is 53.7 Å². The Morgan fingerprint density at radius 2 is 1.74 bits per heavy atom. The highest BCUT2D eigenvalue weighted by molar-refractivity contribution is 7.99. The number of ether oxygens (including phenoxy) is 2. The van der Waals surface area contributed by atoms with Gasteiger partial charge in [-0.2, -0.15) is 0 Å². The van der Waals surface area contributed by atoms with Gasteiger partial charge in [0.05, 0.1) is 14.2 Å². The van der Waals surface area contributed by atoms with Crippen LogP contribution in [-0.2, 0) is 11.2 Å². The van der Waals surface area contributed by atoms with Crippen LogP contribution >= 0.6 is 11.8 Å². The molecule has 1 fully saturated rings. The van der Waals surface area contributed by atoms with Gasteiger partial charge in [0.1, 0.15) is 5.03 Å². The number of aryl methyl sites for hydroxylation is 1. The summed E-state index contributed by atoms with van der Waals surface area (Å²) in [5, 5.41) is 12.8. The Morgan fingerprint density at radius 3 is 2.40 bits per heavy atom. The molecule has 184 valence electrons. The third-order valence-electron chi connectivity index (χ3n) is 6.22. The lowest BCUT2D eigenvalue weighted by Crippen LogP contribution is -2.41. The summed E-state index contributed by atoms with van der Waals surface area (Å²) < 4.78 is 10.6. The van der Waals surface area contributed by atoms with Gasteiger partial charge in [0, 0.05) is 30.4 Å². The number of nitrogens with one attached hydrogen (secondary N) is 1. The number of nitrogens with zero attached hydrogens (tertiary/aromatic N) is 3. The van der Waals surface area contributed by atoms with Crippen molar-refractivity contribution < 1.29 is 14.3 Å². The first-order valence-corrected chi connectivity index (χ1v) is 12.7. The summed E-state index contributed by atoms with van der Waals surface area (Å²) in [6.45, 7) is 4.27. The van der Waals surface area contributed by atoms with E-state index in [2.05, 4.69) is 51.6 Å². The minimum atomic E-state index is 0.0287. The number of hydrogen-bond donors (Lipinski definition) is 1. The standard InChI is InChI=1S/C27H32N4O3S/c1-19-4-7-22(8-5-19)35-26-11-10-25(29-30-26)31-16-13-21(14-17-31)27(32)28-15-12-20-6-9-23(33-2)24(18-20)34-3/h4-11,18,21H,12-17H2,1-3H3,(H,28,32). The Labute approximate surface area is 211 Å². The molecule has 1 aliphatic heterocycles. The zero-order valence-electron chi connectivity index (χ0n) is 20.5. The number of aromatic nitrogens is 2. The number of amides is 1. The Kier molecular flexibility index (Phi) is 8.47. The first-order valence-electron chi connectivity index (χ1n) is 11.9. The average molecular weight is 493 g/mol. The van der Waals surface area contributed by atoms with Crippen molar-refractivity contribution in [1.82, 2.24) is 15.5 Å². The van der Waals surface area contributed by atoms with Gasteiger partial charge >= 0.3 is 0 Å². The van der Waals surface area contributed by atoms with E-state index < -0.39 is 0 Å². The Morgan fingerprint density at radius 1 is 1.00 bits per heavy atom. The van der Waals surface area contributed by atoms with Crippen molar-refractivity contribution in [1.29, 1.82) is 0 Å². The van der Waals surface area contributed by atoms with E-state index in [0.29, 0.717) is 18.0 Å². The molecular weight excluding hydrogens is 460 g/mol. The highest BCUT2D eigenvalue weighted by Crippen LogP contribution is 2.29. The molecule has 4 rings (SSSR count). The van der Waals surface area contributed by atoms with E-state index >= 15 is 0 Å². The molecule has 0 atom stereocenters. The number of benzene rings is 2. The highest BCUT2D eigenvalue weighted by Gasteiger charge is 2.25. The third-order valence-corrected chi connectivity index (χ3v) is 7.15. The van der Waals surface area contributed by atoms with Crippen LogP contribution in [-0.4, -0.2) is 50.0 Å². The molecule has 2 aromatic carbocycles. The Balaban J connectivity index is 1.21. The fraction of sp³-hybridized carbons (Fsp3) is 0.370. The molecule has 1 aromatic heterocycles. The molecule has 1 amide bonds. The van der Waals surface area contributed by atoms with Crippen LogP contribution in [0.5, 0.6) is 11.5 Å². The smallest absolute Gasteiger partial charge is 0.223 e. The van der Waals surface area contributed by atoms with Crippen LogP contribution < -0.4 is 19.7 Å². The summed E-state index contributed by atoms with van der Waals surface area (Å²) in [6, 6.07) is 18.3. The lowest BCUT2D eigenvalue weighted by atomic mass is 9.96. The number of piperidine rings is 1. The monoisotopic (exact) mass is 492 g/mol. The molecule has 2 heterocycles. The summed E-state index contributed by atoms with van der Waals surface area (Å²) in [5.74, 6) is 2.43. The zero-order chi connectivity index (χ0) is 24.6. The number of methoxy groups -OCH3 is 2. The second-order valence-corrected chi connectivity index (χ2v) is 9.73. The number of rotatable bonds is 9. The summed E-state index contributed by atoms with van der Waals surface area (Å²) >= 11 is 1.61. The zero-order valence-corrected chi connectivity index (χ0v) is 21.3. The van der Waals surface area contributed by atoms with Gasteiger partial charge in [0.25, 0.3) is 0 Å². The normalized spacial score (nSPS) is 14.0. The quantitative estimate of drug-likeness (QED) is 0.470. The molecule has 3 aromatic rings. The van der Waals surface area contributed by atoms with E-state index in [9.17, 15) is 4.79 Å². The highest BCUT2D eigenvalue weighted by atomic mass is 32.2. The largest absolute Gasteiger partial charge is 0.493 e. The van der Waals surface area contributed by atoms with Gasteiger partial charge in [-0.1, -0.05) is 35.5 Å². The molecule has 0 saturated carbocycles. The van der Waals surface area contributed by atoms with Gasteiger partial charge < -0.3 is 19.7 Å². The topological polar surface area (TPSA) is 76.6 Å². The number of hydrogen-bond acceptors (Lipinski definition) is 7. The fourth-order valence-electron chi connectivity index (χ4n) is 4.14. The molecule has 0 spiro atoms. The molecule has 8 heteroatoms. The van der Waals surface area contributed by atoms with Crippen LogP contribution in [0.1, 0.15) is 24.0 Å². The van der Waals surface area contributed by atoms with Crippen molar-refractivity contribution in [2.75, 3.05) is 38.8 Å². The maximum absolute atomic E-state index is 12.7. The SMILES string of the molecule is COc1ccc(CCNC(=O)C2CCN(c3ccc(Sc4ccc(C)cc4)nn3)CC2)cc1OC. The molecule has 0 aliphatic carbocycles. The van der Waals surface area contributed by atoms with E-state index in [1.807, 2.05) is 30.3 Å². The fourth-order valence-corrected chi connectivity index (χ4v) is 4.88. The molecular formula is C27H32N4O3S. The van der Waals surface area contributed by atoms with Gasteiger partial charge in [-0.25, -0.2) is 0 Å². The molecule has 0 unspecified atom stereocenters. The second-order valence-electron chi connectivity index (χ2n) is 8.64. The lowest BCUT2D eigenvalue weighted by Gasteiger charge is -2.31. The van der Waals surface area contributed by atoms with Crippen molar-refractivity contribution in [3.8, 4) is 11.5 Å². The minimum absolute atomic E-state index is 0.0287. The number of carbonyl (C=O) groups excluding carboxylic acids is 1. The summed E-state index contributed by atoms with van der Waals surface area (Å²) in [5.41, 5.74) is 2.34. The molecule has 1 aliphatic rings. The molecule has 1 N–H and O–H groups in total. The second kappa shape index (κ2) is 11.9. The minimum Gasteiger partial charge on any atom is -0.493 e. The van der Waals surface area contributed by atoms with Crippen LogP contribution in [0.2, 0.25) is 0 Å². The molecule has 0 radical (unpaired) electrons. The van der Waals surface area contributed by atoms with Crippen LogP contribution in [0.25, 0.3) is 0 Å². The maximum atomic E-state index is 12.7. The van der Waals surface area contributed by atoms with Crippen LogP contribution in [0, 0.1) is 12.8 Å². The predicted octanol–water partition coefficient (Wildman–Crippen LogP) is 4.53.